The number of benzene rings is 1. The van der Waals surface area contributed by atoms with Gasteiger partial charge in [-0.1, -0.05) is 25.1 Å². The lowest BCUT2D eigenvalue weighted by molar-refractivity contribution is 0.102. The molecule has 0 aliphatic heterocycles. The number of para-hydroxylation sites is 1. The van der Waals surface area contributed by atoms with Crippen molar-refractivity contribution in [2.45, 2.75) is 20.3 Å². The lowest BCUT2D eigenvalue weighted by Gasteiger charge is -2.08. The number of hydrogen-bond acceptors (Lipinski definition) is 3. The van der Waals surface area contributed by atoms with Gasteiger partial charge in [0.15, 0.2) is 4.96 Å². The number of rotatable bonds is 3. The van der Waals surface area contributed by atoms with E-state index in [0.717, 1.165) is 28.3 Å². The Morgan fingerprint density at radius 2 is 2.20 bits per heavy atom. The van der Waals surface area contributed by atoms with E-state index >= 15 is 0 Å². The van der Waals surface area contributed by atoms with E-state index in [4.69, 9.17) is 0 Å². The number of nitrogens with one attached hydrogen (secondary N) is 1. The molecule has 0 spiro atoms. The van der Waals surface area contributed by atoms with Crippen LogP contribution in [0.3, 0.4) is 0 Å². The van der Waals surface area contributed by atoms with E-state index < -0.39 is 0 Å². The molecule has 1 aromatic carbocycles. The van der Waals surface area contributed by atoms with E-state index in [9.17, 15) is 4.79 Å². The van der Waals surface area contributed by atoms with Gasteiger partial charge in [-0.15, -0.1) is 11.3 Å². The maximum absolute atomic E-state index is 12.3. The van der Waals surface area contributed by atoms with Crippen molar-refractivity contribution in [3.63, 3.8) is 0 Å². The van der Waals surface area contributed by atoms with Gasteiger partial charge in [0.25, 0.3) is 5.91 Å². The van der Waals surface area contributed by atoms with Gasteiger partial charge in [0.2, 0.25) is 0 Å². The predicted octanol–water partition coefficient (Wildman–Crippen LogP) is 3.52. The molecule has 0 aliphatic rings. The van der Waals surface area contributed by atoms with Gasteiger partial charge < -0.3 is 5.32 Å². The summed E-state index contributed by atoms with van der Waals surface area (Å²) >= 11 is 1.54. The summed E-state index contributed by atoms with van der Waals surface area (Å²) in [4.78, 5) is 17.5. The van der Waals surface area contributed by atoms with E-state index in [-0.39, 0.29) is 5.91 Å². The summed E-state index contributed by atoms with van der Waals surface area (Å²) in [5.41, 5.74) is 3.52. The van der Waals surface area contributed by atoms with Crippen LogP contribution in [0.4, 0.5) is 5.69 Å². The normalized spacial score (nSPS) is 10.9. The molecule has 4 nitrogen and oxygen atoms in total. The molecule has 0 saturated heterocycles. The van der Waals surface area contributed by atoms with Crippen molar-refractivity contribution in [2.75, 3.05) is 5.32 Å². The smallest absolute Gasteiger partial charge is 0.275 e. The van der Waals surface area contributed by atoms with Crippen LogP contribution in [-0.4, -0.2) is 15.3 Å². The molecule has 1 N–H and O–H groups in total. The Morgan fingerprint density at radius 1 is 1.40 bits per heavy atom. The molecule has 0 atom stereocenters. The second-order valence-electron chi connectivity index (χ2n) is 4.62. The van der Waals surface area contributed by atoms with E-state index in [1.54, 1.807) is 6.20 Å². The third kappa shape index (κ3) is 2.20. The van der Waals surface area contributed by atoms with Crippen LogP contribution in [-0.2, 0) is 6.42 Å². The number of imidazole rings is 1. The predicted molar refractivity (Wildman–Crippen MR) is 81.6 cm³/mol. The number of fused-ring (bicyclic) bond motifs is 1. The third-order valence-corrected chi connectivity index (χ3v) is 4.23. The molecule has 102 valence electrons. The maximum Gasteiger partial charge on any atom is 0.275 e. The second-order valence-corrected chi connectivity index (χ2v) is 5.46. The van der Waals surface area contributed by atoms with Crippen molar-refractivity contribution in [3.8, 4) is 0 Å². The van der Waals surface area contributed by atoms with Gasteiger partial charge in [0.1, 0.15) is 5.69 Å². The lowest BCUT2D eigenvalue weighted by atomic mass is 10.1. The number of thiazole rings is 1. The summed E-state index contributed by atoms with van der Waals surface area (Å²) in [5, 5.41) is 4.96. The van der Waals surface area contributed by atoms with E-state index in [1.165, 1.54) is 11.3 Å². The van der Waals surface area contributed by atoms with Crippen LogP contribution in [0, 0.1) is 6.92 Å². The van der Waals surface area contributed by atoms with Crippen molar-refractivity contribution in [1.82, 2.24) is 9.38 Å². The topological polar surface area (TPSA) is 46.4 Å². The summed E-state index contributed by atoms with van der Waals surface area (Å²) in [6.07, 6.45) is 2.67. The number of aromatic nitrogens is 2. The minimum atomic E-state index is -0.166. The average Bonchev–Trinajstić information content (AvgIpc) is 3.02. The molecule has 3 aromatic rings. The first-order chi connectivity index (χ1) is 9.69. The molecule has 2 aromatic heterocycles. The van der Waals surface area contributed by atoms with E-state index in [1.807, 2.05) is 41.0 Å². The number of carbonyl (C=O) groups is 1. The molecule has 0 bridgehead atoms. The van der Waals surface area contributed by atoms with Crippen molar-refractivity contribution in [2.24, 2.45) is 0 Å². The molecule has 0 aliphatic carbocycles. The zero-order valence-corrected chi connectivity index (χ0v) is 12.2. The van der Waals surface area contributed by atoms with Crippen molar-refractivity contribution in [1.29, 1.82) is 0 Å². The fraction of sp³-hybridized carbons (Fsp3) is 0.200. The highest BCUT2D eigenvalue weighted by Crippen LogP contribution is 2.19. The van der Waals surface area contributed by atoms with Gasteiger partial charge in [-0.05, 0) is 25.0 Å². The first-order valence-corrected chi connectivity index (χ1v) is 7.39. The van der Waals surface area contributed by atoms with Gasteiger partial charge >= 0.3 is 0 Å². The van der Waals surface area contributed by atoms with Crippen LogP contribution in [0.25, 0.3) is 4.96 Å². The second kappa shape index (κ2) is 5.09. The lowest BCUT2D eigenvalue weighted by Crippen LogP contribution is -2.13. The fourth-order valence-corrected chi connectivity index (χ4v) is 2.99. The highest BCUT2D eigenvalue weighted by molar-refractivity contribution is 7.15. The molecule has 0 fully saturated rings. The van der Waals surface area contributed by atoms with Gasteiger partial charge in [-0.3, -0.25) is 9.20 Å². The number of aryl methyl sites for hydroxylation is 2. The first-order valence-electron chi connectivity index (χ1n) is 6.51. The summed E-state index contributed by atoms with van der Waals surface area (Å²) in [7, 11) is 0. The molecule has 2 heterocycles. The minimum absolute atomic E-state index is 0.166. The quantitative estimate of drug-likeness (QED) is 0.800. The van der Waals surface area contributed by atoms with E-state index in [2.05, 4.69) is 17.2 Å². The maximum atomic E-state index is 12.3. The molecule has 0 radical (unpaired) electrons. The van der Waals surface area contributed by atoms with Crippen LogP contribution in [0.1, 0.15) is 28.7 Å². The Balaban J connectivity index is 1.88. The zero-order chi connectivity index (χ0) is 14.1. The van der Waals surface area contributed by atoms with Crippen LogP contribution in [0.2, 0.25) is 0 Å². The molecule has 5 heteroatoms. The van der Waals surface area contributed by atoms with Crippen molar-refractivity contribution < 1.29 is 4.79 Å². The van der Waals surface area contributed by atoms with Gasteiger partial charge in [0.05, 0.1) is 0 Å². The minimum Gasteiger partial charge on any atom is -0.320 e. The summed E-state index contributed by atoms with van der Waals surface area (Å²) in [6.45, 7) is 4.07. The standard InChI is InChI=1S/C15H15N3OS/c1-3-11-6-4-5-7-12(11)16-14(19)13-8-18-10(2)9-20-15(18)17-13/h4-9H,3H2,1-2H3,(H,16,19). The average molecular weight is 285 g/mol. The SMILES string of the molecule is CCc1ccccc1NC(=O)c1cn2c(C)csc2n1. The number of hydrogen-bond donors (Lipinski definition) is 1. The molecular formula is C15H15N3OS. The molecular weight excluding hydrogens is 270 g/mol. The van der Waals surface area contributed by atoms with Crippen LogP contribution in [0.15, 0.2) is 35.8 Å². The largest absolute Gasteiger partial charge is 0.320 e. The Labute approximate surface area is 121 Å². The van der Waals surface area contributed by atoms with Crippen molar-refractivity contribution >= 4 is 27.9 Å². The summed E-state index contributed by atoms with van der Waals surface area (Å²) in [5.74, 6) is -0.166. The Morgan fingerprint density at radius 3 is 2.95 bits per heavy atom. The Bertz CT molecular complexity index is 772. The van der Waals surface area contributed by atoms with Gasteiger partial charge in [-0.2, -0.15) is 0 Å². The van der Waals surface area contributed by atoms with Crippen LogP contribution in [0.5, 0.6) is 0 Å². The molecule has 1 amide bonds. The van der Waals surface area contributed by atoms with E-state index in [0.29, 0.717) is 5.69 Å². The van der Waals surface area contributed by atoms with Crippen LogP contribution >= 0.6 is 11.3 Å². The Kier molecular flexibility index (Phi) is 3.28. The summed E-state index contributed by atoms with van der Waals surface area (Å²) in [6, 6.07) is 7.83. The van der Waals surface area contributed by atoms with Gasteiger partial charge in [0, 0.05) is 23.0 Å². The summed E-state index contributed by atoms with van der Waals surface area (Å²) < 4.78 is 1.94. The molecule has 0 unspecified atom stereocenters. The van der Waals surface area contributed by atoms with Crippen molar-refractivity contribution in [3.05, 3.63) is 52.8 Å². The number of anilines is 1. The molecule has 20 heavy (non-hydrogen) atoms. The number of nitrogens with zero attached hydrogens (tertiary/aromatic N) is 2. The number of carbonyl (C=O) groups excluding carboxylic acids is 1. The monoisotopic (exact) mass is 285 g/mol. The third-order valence-electron chi connectivity index (χ3n) is 3.27. The zero-order valence-electron chi connectivity index (χ0n) is 11.4. The fourth-order valence-electron chi connectivity index (χ4n) is 2.14. The first kappa shape index (κ1) is 12.9. The van der Waals surface area contributed by atoms with Crippen LogP contribution < -0.4 is 5.32 Å². The molecule has 3 rings (SSSR count). The highest BCUT2D eigenvalue weighted by atomic mass is 32.1. The Hall–Kier alpha value is -2.14. The molecule has 0 saturated carbocycles. The van der Waals surface area contributed by atoms with Gasteiger partial charge in [-0.25, -0.2) is 4.98 Å². The highest BCUT2D eigenvalue weighted by Gasteiger charge is 2.13. The number of amides is 1.